The molecule has 1 aromatic rings. The zero-order chi connectivity index (χ0) is 20.2. The second-order valence-corrected chi connectivity index (χ2v) is 8.67. The Bertz CT molecular complexity index is 858. The zero-order valence-corrected chi connectivity index (χ0v) is 17.6. The van der Waals surface area contributed by atoms with Gasteiger partial charge in [0, 0.05) is 35.6 Å². The van der Waals surface area contributed by atoms with Gasteiger partial charge in [-0.25, -0.2) is 0 Å². The summed E-state index contributed by atoms with van der Waals surface area (Å²) in [5.41, 5.74) is 5.19. The third-order valence-electron chi connectivity index (χ3n) is 6.21. The van der Waals surface area contributed by atoms with E-state index in [1.807, 2.05) is 6.07 Å². The molecule has 5 heteroatoms. The van der Waals surface area contributed by atoms with Crippen LogP contribution in [0.15, 0.2) is 48.2 Å². The molecule has 29 heavy (non-hydrogen) atoms. The Morgan fingerprint density at radius 1 is 1.21 bits per heavy atom. The van der Waals surface area contributed by atoms with Crippen molar-refractivity contribution in [1.82, 2.24) is 4.90 Å². The predicted octanol–water partition coefficient (Wildman–Crippen LogP) is 5.35. The van der Waals surface area contributed by atoms with E-state index in [0.717, 1.165) is 63.2 Å². The van der Waals surface area contributed by atoms with E-state index >= 15 is 0 Å². The lowest BCUT2D eigenvalue weighted by molar-refractivity contribution is -0.143. The third kappa shape index (κ3) is 4.76. The number of unbranched alkanes of at least 4 members (excludes halogenated alkanes) is 1. The molecule has 154 valence electrons. The van der Waals surface area contributed by atoms with Crippen LogP contribution in [0, 0.1) is 5.92 Å². The quantitative estimate of drug-likeness (QED) is 0.639. The summed E-state index contributed by atoms with van der Waals surface area (Å²) in [5, 5.41) is 10.0. The molecule has 3 aliphatic rings. The van der Waals surface area contributed by atoms with E-state index in [9.17, 15) is 9.90 Å². The molecule has 2 heterocycles. The number of benzene rings is 1. The van der Waals surface area contributed by atoms with Gasteiger partial charge in [-0.05, 0) is 81.0 Å². The minimum Gasteiger partial charge on any atom is -0.481 e. The summed E-state index contributed by atoms with van der Waals surface area (Å²) in [7, 11) is 0. The van der Waals surface area contributed by atoms with Crippen LogP contribution in [0.4, 0.5) is 5.69 Å². The molecular formula is C24H29ClN2O2. The molecule has 4 rings (SSSR count). The van der Waals surface area contributed by atoms with Crippen molar-refractivity contribution in [3.05, 3.63) is 58.8 Å². The number of halogens is 1. The summed E-state index contributed by atoms with van der Waals surface area (Å²) in [6, 6.07) is 6.23. The molecule has 4 nitrogen and oxygen atoms in total. The zero-order valence-electron chi connectivity index (χ0n) is 16.8. The molecule has 0 aromatic heterocycles. The van der Waals surface area contributed by atoms with Crippen LogP contribution in [-0.2, 0) is 4.79 Å². The maximum absolute atomic E-state index is 11.3. The summed E-state index contributed by atoms with van der Waals surface area (Å²) in [6.45, 7) is 3.63. The first kappa shape index (κ1) is 20.2. The summed E-state index contributed by atoms with van der Waals surface area (Å²) in [6.07, 6.45) is 15.0. The highest BCUT2D eigenvalue weighted by molar-refractivity contribution is 6.31. The SMILES string of the molecule is O=C(O)C1CCCN(CCCCN2C=CC3=C(CCC=C3)c3ccc(Cl)cc32)C1. The van der Waals surface area contributed by atoms with Gasteiger partial charge in [-0.2, -0.15) is 0 Å². The average Bonchev–Trinajstić information content (AvgIpc) is 2.88. The van der Waals surface area contributed by atoms with Gasteiger partial charge in [0.2, 0.25) is 0 Å². The number of aliphatic carboxylic acids is 1. The van der Waals surface area contributed by atoms with Crippen LogP contribution in [0.25, 0.3) is 5.57 Å². The number of anilines is 1. The Hall–Kier alpha value is -2.04. The highest BCUT2D eigenvalue weighted by Crippen LogP contribution is 2.39. The van der Waals surface area contributed by atoms with Crippen LogP contribution in [0.2, 0.25) is 5.02 Å². The summed E-state index contributed by atoms with van der Waals surface area (Å²) < 4.78 is 0. The molecule has 0 bridgehead atoms. The van der Waals surface area contributed by atoms with Crippen molar-refractivity contribution in [3.8, 4) is 0 Å². The van der Waals surface area contributed by atoms with E-state index in [1.54, 1.807) is 0 Å². The van der Waals surface area contributed by atoms with Crippen LogP contribution in [0.3, 0.4) is 0 Å². The van der Waals surface area contributed by atoms with Gasteiger partial charge in [-0.1, -0.05) is 29.8 Å². The number of likely N-dealkylation sites (tertiary alicyclic amines) is 1. The fourth-order valence-electron chi connectivity index (χ4n) is 4.65. The fourth-order valence-corrected chi connectivity index (χ4v) is 4.82. The number of allylic oxidation sites excluding steroid dienone is 5. The van der Waals surface area contributed by atoms with E-state index in [-0.39, 0.29) is 5.92 Å². The molecule has 1 unspecified atom stereocenters. The number of hydrogen-bond donors (Lipinski definition) is 1. The molecule has 0 amide bonds. The number of carboxylic acid groups (broad SMARTS) is 1. The Morgan fingerprint density at radius 2 is 2.07 bits per heavy atom. The van der Waals surface area contributed by atoms with Gasteiger partial charge in [0.05, 0.1) is 5.92 Å². The molecule has 0 saturated carbocycles. The van der Waals surface area contributed by atoms with Crippen molar-refractivity contribution >= 4 is 28.8 Å². The van der Waals surface area contributed by atoms with Crippen LogP contribution in [0.5, 0.6) is 0 Å². The average molecular weight is 413 g/mol. The van der Waals surface area contributed by atoms with Gasteiger partial charge in [0.15, 0.2) is 0 Å². The van der Waals surface area contributed by atoms with Crippen LogP contribution in [-0.4, -0.2) is 42.2 Å². The van der Waals surface area contributed by atoms with E-state index in [2.05, 4.69) is 46.4 Å². The first-order valence-corrected chi connectivity index (χ1v) is 11.1. The smallest absolute Gasteiger partial charge is 0.307 e. The second kappa shape index (κ2) is 9.19. The molecule has 1 fully saturated rings. The topological polar surface area (TPSA) is 43.8 Å². The highest BCUT2D eigenvalue weighted by atomic mass is 35.5. The maximum Gasteiger partial charge on any atom is 0.307 e. The van der Waals surface area contributed by atoms with Crippen LogP contribution in [0.1, 0.15) is 44.1 Å². The molecule has 0 spiro atoms. The number of carbonyl (C=O) groups is 1. The van der Waals surface area contributed by atoms with Gasteiger partial charge < -0.3 is 14.9 Å². The van der Waals surface area contributed by atoms with Gasteiger partial charge in [-0.3, -0.25) is 4.79 Å². The predicted molar refractivity (Wildman–Crippen MR) is 119 cm³/mol. The fraction of sp³-hybridized carbons (Fsp3) is 0.458. The lowest BCUT2D eigenvalue weighted by atomic mass is 9.91. The van der Waals surface area contributed by atoms with E-state index in [4.69, 9.17) is 11.6 Å². The van der Waals surface area contributed by atoms with Crippen LogP contribution >= 0.6 is 11.6 Å². The Morgan fingerprint density at radius 3 is 2.93 bits per heavy atom. The molecule has 1 atom stereocenters. The number of piperidine rings is 1. The Kier molecular flexibility index (Phi) is 6.41. The van der Waals surface area contributed by atoms with Crippen molar-refractivity contribution in [2.75, 3.05) is 31.1 Å². The molecule has 1 saturated heterocycles. The normalized spacial score (nSPS) is 21.7. The van der Waals surface area contributed by atoms with Crippen molar-refractivity contribution in [1.29, 1.82) is 0 Å². The standard InChI is InChI=1S/C24H29ClN2O2/c25-20-9-10-22-21-8-2-1-6-18(21)11-15-27(23(22)16-20)14-4-3-12-26-13-5-7-19(17-26)24(28)29/h1,6,9-11,15-16,19H,2-5,7-8,12-14,17H2,(H,28,29). The lowest BCUT2D eigenvalue weighted by Gasteiger charge is -2.31. The molecular weight excluding hydrogens is 384 g/mol. The highest BCUT2D eigenvalue weighted by Gasteiger charge is 2.25. The van der Waals surface area contributed by atoms with Crippen molar-refractivity contribution in [2.24, 2.45) is 5.92 Å². The van der Waals surface area contributed by atoms with Gasteiger partial charge >= 0.3 is 5.97 Å². The molecule has 1 N–H and O–H groups in total. The maximum atomic E-state index is 11.3. The number of hydrogen-bond acceptors (Lipinski definition) is 3. The van der Waals surface area contributed by atoms with Gasteiger partial charge in [-0.15, -0.1) is 0 Å². The summed E-state index contributed by atoms with van der Waals surface area (Å²) in [5.74, 6) is -0.847. The molecule has 2 aliphatic heterocycles. The number of carboxylic acids is 1. The lowest BCUT2D eigenvalue weighted by Crippen LogP contribution is -2.39. The molecule has 1 aromatic carbocycles. The van der Waals surface area contributed by atoms with Crippen molar-refractivity contribution in [2.45, 2.75) is 38.5 Å². The summed E-state index contributed by atoms with van der Waals surface area (Å²) >= 11 is 6.34. The largest absolute Gasteiger partial charge is 0.481 e. The summed E-state index contributed by atoms with van der Waals surface area (Å²) in [4.78, 5) is 15.9. The van der Waals surface area contributed by atoms with Crippen molar-refractivity contribution < 1.29 is 9.90 Å². The third-order valence-corrected chi connectivity index (χ3v) is 6.45. The van der Waals surface area contributed by atoms with Crippen molar-refractivity contribution in [3.63, 3.8) is 0 Å². The van der Waals surface area contributed by atoms with E-state index in [0.29, 0.717) is 6.54 Å². The number of rotatable bonds is 6. The Labute approximate surface area is 178 Å². The number of nitrogens with zero attached hydrogens (tertiary/aromatic N) is 2. The van der Waals surface area contributed by atoms with E-state index in [1.165, 1.54) is 22.4 Å². The number of fused-ring (bicyclic) bond motifs is 2. The monoisotopic (exact) mass is 412 g/mol. The Balaban J connectivity index is 1.39. The van der Waals surface area contributed by atoms with Gasteiger partial charge in [0.1, 0.15) is 0 Å². The van der Waals surface area contributed by atoms with Gasteiger partial charge in [0.25, 0.3) is 0 Å². The van der Waals surface area contributed by atoms with Crippen LogP contribution < -0.4 is 4.90 Å². The van der Waals surface area contributed by atoms with E-state index < -0.39 is 5.97 Å². The first-order chi connectivity index (χ1) is 14.1. The molecule has 1 aliphatic carbocycles. The molecule has 0 radical (unpaired) electrons. The minimum atomic E-state index is -0.650. The first-order valence-electron chi connectivity index (χ1n) is 10.7. The minimum absolute atomic E-state index is 0.197. The second-order valence-electron chi connectivity index (χ2n) is 8.23.